The van der Waals surface area contributed by atoms with E-state index in [2.05, 4.69) is 20.5 Å². The number of hydrogen-bond donors (Lipinski definition) is 2. The maximum absolute atomic E-state index is 12.3. The van der Waals surface area contributed by atoms with Crippen LogP contribution in [0.25, 0.3) is 0 Å². The Morgan fingerprint density at radius 1 is 1.48 bits per heavy atom. The normalized spacial score (nSPS) is 18.1. The SMILES string of the molecule is COc1ccc(CNC(=O)[C@@H](C)Sc2n[nH]c([C@@H]3CCCO3)n2)cc1. The molecule has 2 N–H and O–H groups in total. The third-order valence-corrected chi connectivity index (χ3v) is 4.96. The van der Waals surface area contributed by atoms with Gasteiger partial charge in [-0.1, -0.05) is 23.9 Å². The molecule has 2 heterocycles. The lowest BCUT2D eigenvalue weighted by Gasteiger charge is -2.10. The van der Waals surface area contributed by atoms with E-state index < -0.39 is 0 Å². The van der Waals surface area contributed by atoms with Crippen LogP contribution in [0.4, 0.5) is 0 Å². The highest BCUT2D eigenvalue weighted by Crippen LogP contribution is 2.28. The van der Waals surface area contributed by atoms with Crippen molar-refractivity contribution in [2.24, 2.45) is 0 Å². The van der Waals surface area contributed by atoms with Gasteiger partial charge in [-0.3, -0.25) is 9.89 Å². The Labute approximate surface area is 150 Å². The average molecular weight is 362 g/mol. The number of ether oxygens (including phenoxy) is 2. The highest BCUT2D eigenvalue weighted by Gasteiger charge is 2.23. The Kier molecular flexibility index (Phi) is 5.93. The summed E-state index contributed by atoms with van der Waals surface area (Å²) in [4.78, 5) is 16.7. The number of aromatic amines is 1. The van der Waals surface area contributed by atoms with Crippen molar-refractivity contribution in [3.05, 3.63) is 35.7 Å². The van der Waals surface area contributed by atoms with Gasteiger partial charge in [-0.25, -0.2) is 4.98 Å². The zero-order valence-electron chi connectivity index (χ0n) is 14.3. The first-order valence-corrected chi connectivity index (χ1v) is 9.15. The highest BCUT2D eigenvalue weighted by atomic mass is 32.2. The van der Waals surface area contributed by atoms with Crippen molar-refractivity contribution < 1.29 is 14.3 Å². The van der Waals surface area contributed by atoms with Gasteiger partial charge in [0.25, 0.3) is 0 Å². The second-order valence-corrected chi connectivity index (χ2v) is 7.14. The van der Waals surface area contributed by atoms with Crippen molar-refractivity contribution >= 4 is 17.7 Å². The van der Waals surface area contributed by atoms with Gasteiger partial charge >= 0.3 is 0 Å². The number of hydrogen-bond acceptors (Lipinski definition) is 6. The third-order valence-electron chi connectivity index (χ3n) is 3.99. The van der Waals surface area contributed by atoms with Gasteiger partial charge in [-0.05, 0) is 37.5 Å². The summed E-state index contributed by atoms with van der Waals surface area (Å²) >= 11 is 1.33. The molecule has 1 aliphatic rings. The molecule has 1 saturated heterocycles. The van der Waals surface area contributed by atoms with Crippen LogP contribution in [0.15, 0.2) is 29.4 Å². The number of nitrogens with one attached hydrogen (secondary N) is 2. The standard InChI is InChI=1S/C17H22N4O3S/c1-11(16(22)18-10-12-5-7-13(23-2)8-6-12)25-17-19-15(20-21-17)14-4-3-9-24-14/h5-8,11,14H,3-4,9-10H2,1-2H3,(H,18,22)(H,19,20,21)/t11-,14+/m1/s1. The van der Waals surface area contributed by atoms with Crippen LogP contribution in [0, 0.1) is 0 Å². The first-order valence-electron chi connectivity index (χ1n) is 8.27. The fourth-order valence-corrected chi connectivity index (χ4v) is 3.29. The molecule has 1 fully saturated rings. The van der Waals surface area contributed by atoms with Gasteiger partial charge in [0, 0.05) is 13.2 Å². The number of aromatic nitrogens is 3. The lowest BCUT2D eigenvalue weighted by molar-refractivity contribution is -0.120. The van der Waals surface area contributed by atoms with Crippen LogP contribution < -0.4 is 10.1 Å². The molecule has 2 aromatic rings. The maximum atomic E-state index is 12.3. The first kappa shape index (κ1) is 17.8. The van der Waals surface area contributed by atoms with Gasteiger partial charge in [0.1, 0.15) is 11.9 Å². The molecule has 8 heteroatoms. The molecule has 2 atom stereocenters. The van der Waals surface area contributed by atoms with Gasteiger partial charge in [0.05, 0.1) is 12.4 Å². The summed E-state index contributed by atoms with van der Waals surface area (Å²) in [6.07, 6.45) is 2.00. The molecule has 1 aromatic carbocycles. The molecule has 1 aliphatic heterocycles. The van der Waals surface area contributed by atoms with Crippen molar-refractivity contribution in [2.45, 2.75) is 42.8 Å². The fraction of sp³-hybridized carbons (Fsp3) is 0.471. The largest absolute Gasteiger partial charge is 0.497 e. The summed E-state index contributed by atoms with van der Waals surface area (Å²) in [6, 6.07) is 7.61. The van der Waals surface area contributed by atoms with Gasteiger partial charge in [-0.2, -0.15) is 0 Å². The molecule has 1 amide bonds. The highest BCUT2D eigenvalue weighted by molar-refractivity contribution is 8.00. The molecule has 0 saturated carbocycles. The quantitative estimate of drug-likeness (QED) is 0.736. The summed E-state index contributed by atoms with van der Waals surface area (Å²) in [6.45, 7) is 3.08. The molecule has 0 bridgehead atoms. The monoisotopic (exact) mass is 362 g/mol. The van der Waals surface area contributed by atoms with Crippen molar-refractivity contribution in [3.8, 4) is 5.75 Å². The van der Waals surface area contributed by atoms with Crippen LogP contribution >= 0.6 is 11.8 Å². The Hall–Kier alpha value is -2.06. The number of nitrogens with zero attached hydrogens (tertiary/aromatic N) is 2. The minimum atomic E-state index is -0.286. The van der Waals surface area contributed by atoms with E-state index in [1.807, 2.05) is 31.2 Å². The zero-order chi connectivity index (χ0) is 17.6. The van der Waals surface area contributed by atoms with Crippen molar-refractivity contribution in [1.29, 1.82) is 0 Å². The molecule has 1 aromatic heterocycles. The van der Waals surface area contributed by atoms with E-state index in [-0.39, 0.29) is 17.3 Å². The smallest absolute Gasteiger partial charge is 0.233 e. The van der Waals surface area contributed by atoms with E-state index in [0.717, 1.165) is 36.6 Å². The Bertz CT molecular complexity index is 698. The molecule has 0 radical (unpaired) electrons. The number of carbonyl (C=O) groups is 1. The van der Waals surface area contributed by atoms with E-state index in [0.29, 0.717) is 11.7 Å². The fourth-order valence-electron chi connectivity index (χ4n) is 2.54. The molecular formula is C17H22N4O3S. The van der Waals surface area contributed by atoms with Gasteiger partial charge < -0.3 is 14.8 Å². The zero-order valence-corrected chi connectivity index (χ0v) is 15.1. The maximum Gasteiger partial charge on any atom is 0.233 e. The predicted octanol–water partition coefficient (Wildman–Crippen LogP) is 2.46. The van der Waals surface area contributed by atoms with E-state index in [1.165, 1.54) is 11.8 Å². The minimum absolute atomic E-state index is 0.000977. The second kappa shape index (κ2) is 8.35. The van der Waals surface area contributed by atoms with Crippen LogP contribution in [-0.2, 0) is 16.1 Å². The van der Waals surface area contributed by atoms with Crippen molar-refractivity contribution in [1.82, 2.24) is 20.5 Å². The molecule has 134 valence electrons. The van der Waals surface area contributed by atoms with E-state index in [1.54, 1.807) is 7.11 Å². The van der Waals surface area contributed by atoms with Crippen LogP contribution in [-0.4, -0.2) is 40.1 Å². The number of rotatable bonds is 7. The van der Waals surface area contributed by atoms with Gasteiger partial charge in [0.15, 0.2) is 5.82 Å². The van der Waals surface area contributed by atoms with E-state index in [4.69, 9.17) is 9.47 Å². The molecule has 0 aliphatic carbocycles. The van der Waals surface area contributed by atoms with Crippen molar-refractivity contribution in [3.63, 3.8) is 0 Å². The minimum Gasteiger partial charge on any atom is -0.497 e. The molecule has 7 nitrogen and oxygen atoms in total. The Balaban J connectivity index is 1.48. The Morgan fingerprint density at radius 3 is 2.96 bits per heavy atom. The number of methoxy groups -OCH3 is 1. The number of carbonyl (C=O) groups excluding carboxylic acids is 1. The van der Waals surface area contributed by atoms with E-state index >= 15 is 0 Å². The van der Waals surface area contributed by atoms with Gasteiger partial charge in [0.2, 0.25) is 11.1 Å². The van der Waals surface area contributed by atoms with E-state index in [9.17, 15) is 4.79 Å². The lowest BCUT2D eigenvalue weighted by Crippen LogP contribution is -2.30. The number of thioether (sulfide) groups is 1. The Morgan fingerprint density at radius 2 is 2.28 bits per heavy atom. The predicted molar refractivity (Wildman–Crippen MR) is 94.5 cm³/mol. The number of benzene rings is 1. The summed E-state index contributed by atoms with van der Waals surface area (Å²) in [5, 5.41) is 10.3. The first-order chi connectivity index (χ1) is 12.2. The van der Waals surface area contributed by atoms with Crippen LogP contribution in [0.2, 0.25) is 0 Å². The summed E-state index contributed by atoms with van der Waals surface area (Å²) in [5.41, 5.74) is 1.02. The lowest BCUT2D eigenvalue weighted by atomic mass is 10.2. The number of H-pyrrole nitrogens is 1. The average Bonchev–Trinajstić information content (AvgIpc) is 3.31. The molecular weight excluding hydrogens is 340 g/mol. The van der Waals surface area contributed by atoms with Crippen LogP contribution in [0.5, 0.6) is 5.75 Å². The third kappa shape index (κ3) is 4.73. The molecule has 0 unspecified atom stereocenters. The number of amides is 1. The summed E-state index contributed by atoms with van der Waals surface area (Å²) < 4.78 is 10.7. The topological polar surface area (TPSA) is 89.1 Å². The molecule has 25 heavy (non-hydrogen) atoms. The van der Waals surface area contributed by atoms with Gasteiger partial charge in [-0.15, -0.1) is 5.10 Å². The van der Waals surface area contributed by atoms with Crippen LogP contribution in [0.3, 0.4) is 0 Å². The summed E-state index contributed by atoms with van der Waals surface area (Å²) in [5.74, 6) is 1.49. The van der Waals surface area contributed by atoms with Crippen LogP contribution in [0.1, 0.15) is 37.3 Å². The summed E-state index contributed by atoms with van der Waals surface area (Å²) in [7, 11) is 1.63. The second-order valence-electron chi connectivity index (χ2n) is 5.83. The molecule has 3 rings (SSSR count). The molecule has 0 spiro atoms. The van der Waals surface area contributed by atoms with Crippen molar-refractivity contribution in [2.75, 3.05) is 13.7 Å².